The van der Waals surface area contributed by atoms with E-state index in [9.17, 15) is 4.79 Å². The summed E-state index contributed by atoms with van der Waals surface area (Å²) in [5.74, 6) is 1.19. The van der Waals surface area contributed by atoms with Crippen LogP contribution in [-0.2, 0) is 4.74 Å². The third kappa shape index (κ3) is 3.35. The molecule has 2 aromatic carbocycles. The molecule has 1 heterocycles. The van der Waals surface area contributed by atoms with Crippen LogP contribution in [0.25, 0.3) is 6.08 Å². The standard InChI is InChI=1S/C18H16N2O3/c1-12-17(19)20-15-11-14(7-8-16(15)23-12)18(21)22-10-9-13-5-3-2-4-6-13/h2-11,20H,19H2,1H3. The Bertz CT molecular complexity index is 795. The molecule has 23 heavy (non-hydrogen) atoms. The highest BCUT2D eigenvalue weighted by Crippen LogP contribution is 2.32. The lowest BCUT2D eigenvalue weighted by Crippen LogP contribution is -2.19. The lowest BCUT2D eigenvalue weighted by Gasteiger charge is -2.21. The highest BCUT2D eigenvalue weighted by atomic mass is 16.5. The highest BCUT2D eigenvalue weighted by molar-refractivity contribution is 5.92. The molecule has 1 aliphatic rings. The van der Waals surface area contributed by atoms with Gasteiger partial charge < -0.3 is 20.5 Å². The van der Waals surface area contributed by atoms with Crippen LogP contribution < -0.4 is 15.8 Å². The van der Waals surface area contributed by atoms with E-state index < -0.39 is 5.97 Å². The van der Waals surface area contributed by atoms with Crippen LogP contribution in [0, 0.1) is 0 Å². The first kappa shape index (κ1) is 14.7. The molecule has 0 saturated heterocycles. The number of benzene rings is 2. The largest absolute Gasteiger partial charge is 0.456 e. The van der Waals surface area contributed by atoms with Crippen LogP contribution >= 0.6 is 0 Å². The van der Waals surface area contributed by atoms with E-state index in [4.69, 9.17) is 15.2 Å². The van der Waals surface area contributed by atoms with E-state index in [0.29, 0.717) is 28.6 Å². The Morgan fingerprint density at radius 1 is 1.22 bits per heavy atom. The number of allylic oxidation sites excluding steroid dienone is 1. The van der Waals surface area contributed by atoms with Crippen molar-refractivity contribution in [3.8, 4) is 5.75 Å². The molecule has 0 saturated carbocycles. The molecule has 5 heteroatoms. The molecule has 0 fully saturated rings. The molecule has 5 nitrogen and oxygen atoms in total. The van der Waals surface area contributed by atoms with E-state index in [-0.39, 0.29) is 0 Å². The van der Waals surface area contributed by atoms with Gasteiger partial charge in [0, 0.05) is 0 Å². The van der Waals surface area contributed by atoms with Gasteiger partial charge in [0.15, 0.2) is 5.75 Å². The SMILES string of the molecule is CC1=C(N)Nc2cc(C(=O)OC=Cc3ccccc3)ccc2O1. The number of nitrogens with two attached hydrogens (primary N) is 1. The molecular weight excluding hydrogens is 292 g/mol. The minimum Gasteiger partial charge on any atom is -0.456 e. The second kappa shape index (κ2) is 6.27. The minimum absolute atomic E-state index is 0.407. The summed E-state index contributed by atoms with van der Waals surface area (Å²) in [6.45, 7) is 1.77. The molecule has 3 N–H and O–H groups in total. The van der Waals surface area contributed by atoms with Gasteiger partial charge in [-0.25, -0.2) is 4.79 Å². The van der Waals surface area contributed by atoms with Crippen LogP contribution in [0.4, 0.5) is 5.69 Å². The Labute approximate surface area is 134 Å². The van der Waals surface area contributed by atoms with Gasteiger partial charge in [-0.1, -0.05) is 30.3 Å². The van der Waals surface area contributed by atoms with E-state index in [1.165, 1.54) is 6.26 Å². The first-order valence-electron chi connectivity index (χ1n) is 7.11. The molecule has 0 aromatic heterocycles. The van der Waals surface area contributed by atoms with Gasteiger partial charge in [0.2, 0.25) is 0 Å². The van der Waals surface area contributed by atoms with Crippen LogP contribution in [0.3, 0.4) is 0 Å². The van der Waals surface area contributed by atoms with Crippen LogP contribution in [0.5, 0.6) is 5.75 Å². The fourth-order valence-electron chi connectivity index (χ4n) is 2.10. The Hall–Kier alpha value is -3.21. The molecule has 0 aliphatic carbocycles. The molecule has 0 atom stereocenters. The quantitative estimate of drug-likeness (QED) is 0.671. The number of esters is 1. The van der Waals surface area contributed by atoms with Crippen molar-refractivity contribution in [3.05, 3.63) is 77.5 Å². The van der Waals surface area contributed by atoms with Crippen molar-refractivity contribution in [2.75, 3.05) is 5.32 Å². The maximum atomic E-state index is 12.1. The van der Waals surface area contributed by atoms with Crippen molar-refractivity contribution in [2.45, 2.75) is 6.92 Å². The molecule has 0 radical (unpaired) electrons. The fourth-order valence-corrected chi connectivity index (χ4v) is 2.10. The van der Waals surface area contributed by atoms with Crippen LogP contribution in [0.1, 0.15) is 22.8 Å². The van der Waals surface area contributed by atoms with Crippen molar-refractivity contribution >= 4 is 17.7 Å². The summed E-state index contributed by atoms with van der Waals surface area (Å²) in [4.78, 5) is 12.1. The van der Waals surface area contributed by atoms with Gasteiger partial charge in [-0.3, -0.25) is 0 Å². The highest BCUT2D eigenvalue weighted by Gasteiger charge is 2.17. The molecule has 116 valence electrons. The lowest BCUT2D eigenvalue weighted by atomic mass is 10.1. The second-order valence-electron chi connectivity index (χ2n) is 5.03. The zero-order valence-electron chi connectivity index (χ0n) is 12.6. The number of fused-ring (bicyclic) bond motifs is 1. The van der Waals surface area contributed by atoms with Gasteiger partial charge in [0.25, 0.3) is 0 Å². The number of hydrogen-bond donors (Lipinski definition) is 2. The average Bonchev–Trinajstić information content (AvgIpc) is 2.56. The molecule has 0 spiro atoms. The summed E-state index contributed by atoms with van der Waals surface area (Å²) in [5.41, 5.74) is 7.77. The number of hydrogen-bond acceptors (Lipinski definition) is 5. The number of anilines is 1. The van der Waals surface area contributed by atoms with E-state index in [2.05, 4.69) is 5.32 Å². The van der Waals surface area contributed by atoms with Gasteiger partial charge in [-0.2, -0.15) is 0 Å². The smallest absolute Gasteiger partial charge is 0.343 e. The van der Waals surface area contributed by atoms with Crippen molar-refractivity contribution in [2.24, 2.45) is 5.73 Å². The van der Waals surface area contributed by atoms with E-state index >= 15 is 0 Å². The van der Waals surface area contributed by atoms with Crippen molar-refractivity contribution in [1.82, 2.24) is 0 Å². The van der Waals surface area contributed by atoms with Crippen molar-refractivity contribution in [3.63, 3.8) is 0 Å². The lowest BCUT2D eigenvalue weighted by molar-refractivity contribution is 0.0665. The molecule has 0 amide bonds. The van der Waals surface area contributed by atoms with E-state index in [1.54, 1.807) is 31.2 Å². The van der Waals surface area contributed by atoms with Gasteiger partial charge in [-0.05, 0) is 36.8 Å². The Kier molecular flexibility index (Phi) is 4.01. The molecule has 3 rings (SSSR count). The monoisotopic (exact) mass is 308 g/mol. The summed E-state index contributed by atoms with van der Waals surface area (Å²) in [6.07, 6.45) is 3.10. The molecular formula is C18H16N2O3. The molecule has 0 unspecified atom stereocenters. The van der Waals surface area contributed by atoms with Gasteiger partial charge in [0.05, 0.1) is 17.5 Å². The number of carbonyl (C=O) groups is 1. The molecule has 1 aliphatic heterocycles. The first-order valence-corrected chi connectivity index (χ1v) is 7.11. The number of carbonyl (C=O) groups excluding carboxylic acids is 1. The Balaban J connectivity index is 1.70. The summed E-state index contributed by atoms with van der Waals surface area (Å²) in [7, 11) is 0. The van der Waals surface area contributed by atoms with Gasteiger partial charge in [-0.15, -0.1) is 0 Å². The van der Waals surface area contributed by atoms with Crippen molar-refractivity contribution in [1.29, 1.82) is 0 Å². The normalized spacial score (nSPS) is 13.3. The van der Waals surface area contributed by atoms with E-state index in [1.807, 2.05) is 30.3 Å². The van der Waals surface area contributed by atoms with E-state index in [0.717, 1.165) is 5.56 Å². The second-order valence-corrected chi connectivity index (χ2v) is 5.03. The number of nitrogens with one attached hydrogen (secondary N) is 1. The first-order chi connectivity index (χ1) is 11.1. The van der Waals surface area contributed by atoms with Crippen LogP contribution in [0.15, 0.2) is 66.4 Å². The average molecular weight is 308 g/mol. The zero-order valence-corrected chi connectivity index (χ0v) is 12.6. The number of ether oxygens (including phenoxy) is 2. The third-order valence-corrected chi connectivity index (χ3v) is 3.36. The molecule has 0 bridgehead atoms. The summed E-state index contributed by atoms with van der Waals surface area (Å²) >= 11 is 0. The van der Waals surface area contributed by atoms with Gasteiger partial charge in [0.1, 0.15) is 11.6 Å². The maximum Gasteiger partial charge on any atom is 0.343 e. The van der Waals surface area contributed by atoms with Crippen LogP contribution in [0.2, 0.25) is 0 Å². The maximum absolute atomic E-state index is 12.1. The Morgan fingerprint density at radius 2 is 2.00 bits per heavy atom. The third-order valence-electron chi connectivity index (χ3n) is 3.36. The summed E-state index contributed by atoms with van der Waals surface area (Å²) in [6, 6.07) is 14.6. The predicted octanol–water partition coefficient (Wildman–Crippen LogP) is 3.47. The minimum atomic E-state index is -0.452. The van der Waals surface area contributed by atoms with Crippen molar-refractivity contribution < 1.29 is 14.3 Å². The fraction of sp³-hybridized carbons (Fsp3) is 0.0556. The summed E-state index contributed by atoms with van der Waals surface area (Å²) < 4.78 is 10.7. The van der Waals surface area contributed by atoms with Crippen LogP contribution in [-0.4, -0.2) is 5.97 Å². The predicted molar refractivity (Wildman–Crippen MR) is 88.5 cm³/mol. The summed E-state index contributed by atoms with van der Waals surface area (Å²) in [5, 5.41) is 2.99. The topological polar surface area (TPSA) is 73.6 Å². The van der Waals surface area contributed by atoms with Gasteiger partial charge >= 0.3 is 5.97 Å². The Morgan fingerprint density at radius 3 is 2.78 bits per heavy atom. The molecule has 2 aromatic rings. The number of rotatable bonds is 3. The zero-order chi connectivity index (χ0) is 16.2.